The number of carbonyl (C=O) groups is 1. The molecule has 12 heavy (non-hydrogen) atoms. The first-order valence-electron chi connectivity index (χ1n) is 2.68. The van der Waals surface area contributed by atoms with E-state index in [1.54, 1.807) is 0 Å². The fourth-order valence-electron chi connectivity index (χ4n) is 0.469. The standard InChI is InChI=1S/C5H2F4O3/c6-4(7)1-2-11-3(10)12-5(4,8)9/h1-2H. The average molecular weight is 186 g/mol. The smallest absolute Gasteiger partial charge is 0.403 e. The van der Waals surface area contributed by atoms with Crippen molar-refractivity contribution in [1.82, 2.24) is 0 Å². The zero-order valence-corrected chi connectivity index (χ0v) is 5.39. The largest absolute Gasteiger partial charge is 0.518 e. The van der Waals surface area contributed by atoms with Crippen LogP contribution in [0.15, 0.2) is 12.3 Å². The van der Waals surface area contributed by atoms with E-state index in [2.05, 4.69) is 9.47 Å². The second-order valence-electron chi connectivity index (χ2n) is 1.91. The van der Waals surface area contributed by atoms with Crippen LogP contribution in [0.25, 0.3) is 0 Å². The van der Waals surface area contributed by atoms with E-state index in [1.807, 2.05) is 0 Å². The second-order valence-corrected chi connectivity index (χ2v) is 1.91. The number of carbonyl (C=O) groups excluding carboxylic acids is 1. The molecule has 7 heteroatoms. The molecule has 0 radical (unpaired) electrons. The Kier molecular flexibility index (Phi) is 1.73. The molecule has 0 N–H and O–H groups in total. The summed E-state index contributed by atoms with van der Waals surface area (Å²) in [6, 6.07) is 0. The highest BCUT2D eigenvalue weighted by molar-refractivity contribution is 5.61. The number of hydrogen-bond donors (Lipinski definition) is 0. The summed E-state index contributed by atoms with van der Waals surface area (Å²) in [5.41, 5.74) is 0. The fraction of sp³-hybridized carbons (Fsp3) is 0.400. The van der Waals surface area contributed by atoms with Crippen LogP contribution in [-0.4, -0.2) is 18.2 Å². The minimum absolute atomic E-state index is 0.156. The van der Waals surface area contributed by atoms with Crippen LogP contribution >= 0.6 is 0 Å². The molecule has 0 amide bonds. The van der Waals surface area contributed by atoms with Crippen LogP contribution in [0.5, 0.6) is 0 Å². The molecule has 1 aliphatic rings. The summed E-state index contributed by atoms with van der Waals surface area (Å²) in [6.45, 7) is 0. The minimum atomic E-state index is -4.86. The van der Waals surface area contributed by atoms with Gasteiger partial charge in [0.15, 0.2) is 0 Å². The Bertz CT molecular complexity index is 235. The van der Waals surface area contributed by atoms with E-state index >= 15 is 0 Å². The lowest BCUT2D eigenvalue weighted by Gasteiger charge is -2.19. The van der Waals surface area contributed by atoms with Crippen LogP contribution in [0.4, 0.5) is 22.4 Å². The Morgan fingerprint density at radius 3 is 2.42 bits per heavy atom. The van der Waals surface area contributed by atoms with Gasteiger partial charge in [-0.25, -0.2) is 4.79 Å². The van der Waals surface area contributed by atoms with Crippen LogP contribution in [0.1, 0.15) is 0 Å². The molecule has 68 valence electrons. The maximum absolute atomic E-state index is 12.2. The molecule has 1 aliphatic heterocycles. The third-order valence-corrected chi connectivity index (χ3v) is 1.04. The first-order chi connectivity index (χ1) is 5.35. The third kappa shape index (κ3) is 1.34. The predicted molar refractivity (Wildman–Crippen MR) is 26.6 cm³/mol. The van der Waals surface area contributed by atoms with E-state index in [0.717, 1.165) is 0 Å². The van der Waals surface area contributed by atoms with Gasteiger partial charge in [0.1, 0.15) is 6.26 Å². The van der Waals surface area contributed by atoms with Crippen molar-refractivity contribution in [3.8, 4) is 0 Å². The van der Waals surface area contributed by atoms with Gasteiger partial charge in [-0.05, 0) is 0 Å². The van der Waals surface area contributed by atoms with Gasteiger partial charge in [0.2, 0.25) is 0 Å². The summed E-state index contributed by atoms with van der Waals surface area (Å²) < 4.78 is 55.5. The van der Waals surface area contributed by atoms with Crippen molar-refractivity contribution in [3.05, 3.63) is 12.3 Å². The highest BCUT2D eigenvalue weighted by atomic mass is 19.3. The van der Waals surface area contributed by atoms with Gasteiger partial charge >= 0.3 is 18.2 Å². The summed E-state index contributed by atoms with van der Waals surface area (Å²) in [5.74, 6) is -4.54. The highest BCUT2D eigenvalue weighted by Crippen LogP contribution is 2.37. The molecular formula is C5H2F4O3. The summed E-state index contributed by atoms with van der Waals surface area (Å²) in [4.78, 5) is 10.1. The van der Waals surface area contributed by atoms with Gasteiger partial charge in [-0.2, -0.15) is 17.6 Å². The Labute approximate surface area is 63.6 Å². The molecule has 0 unspecified atom stereocenters. The average Bonchev–Trinajstić information content (AvgIpc) is 1.90. The summed E-state index contributed by atoms with van der Waals surface area (Å²) in [6.07, 6.45) is -6.83. The quantitative estimate of drug-likeness (QED) is 0.428. The molecule has 0 saturated carbocycles. The second kappa shape index (κ2) is 2.36. The molecule has 0 aromatic rings. The summed E-state index contributed by atoms with van der Waals surface area (Å²) >= 11 is 0. The molecule has 0 aromatic carbocycles. The first-order valence-corrected chi connectivity index (χ1v) is 2.68. The number of alkyl halides is 4. The monoisotopic (exact) mass is 186 g/mol. The maximum Gasteiger partial charge on any atom is 0.518 e. The van der Waals surface area contributed by atoms with Crippen LogP contribution in [0, 0.1) is 0 Å². The molecule has 3 nitrogen and oxygen atoms in total. The van der Waals surface area contributed by atoms with Crippen LogP contribution < -0.4 is 0 Å². The van der Waals surface area contributed by atoms with E-state index in [1.165, 1.54) is 0 Å². The fourth-order valence-corrected chi connectivity index (χ4v) is 0.469. The Balaban J connectivity index is 2.97. The lowest BCUT2D eigenvalue weighted by molar-refractivity contribution is -0.304. The molecular weight excluding hydrogens is 184 g/mol. The number of cyclic esters (lactones) is 2. The Morgan fingerprint density at radius 2 is 1.83 bits per heavy atom. The molecule has 1 rings (SSSR count). The summed E-state index contributed by atoms with van der Waals surface area (Å²) in [5, 5.41) is 0. The van der Waals surface area contributed by atoms with E-state index in [4.69, 9.17) is 0 Å². The zero-order valence-electron chi connectivity index (χ0n) is 5.39. The van der Waals surface area contributed by atoms with Gasteiger partial charge in [-0.1, -0.05) is 0 Å². The minimum Gasteiger partial charge on any atom is -0.403 e. The molecule has 0 bridgehead atoms. The highest BCUT2D eigenvalue weighted by Gasteiger charge is 2.60. The molecule has 1 heterocycles. The number of hydrogen-bond acceptors (Lipinski definition) is 3. The van der Waals surface area contributed by atoms with E-state index < -0.39 is 18.2 Å². The molecule has 0 saturated heterocycles. The van der Waals surface area contributed by atoms with Crippen molar-refractivity contribution in [2.45, 2.75) is 12.0 Å². The molecule has 0 atom stereocenters. The van der Waals surface area contributed by atoms with Gasteiger partial charge in [0, 0.05) is 6.08 Å². The van der Waals surface area contributed by atoms with E-state index in [9.17, 15) is 22.4 Å². The van der Waals surface area contributed by atoms with Crippen LogP contribution in [0.3, 0.4) is 0 Å². The SMILES string of the molecule is O=C1OC=CC(F)(F)C(F)(F)O1. The molecule has 0 aliphatic carbocycles. The normalized spacial score (nSPS) is 25.5. The number of halogens is 4. The Hall–Kier alpha value is -1.27. The summed E-state index contributed by atoms with van der Waals surface area (Å²) in [7, 11) is 0. The molecule has 0 aromatic heterocycles. The van der Waals surface area contributed by atoms with Crippen molar-refractivity contribution in [3.63, 3.8) is 0 Å². The van der Waals surface area contributed by atoms with E-state index in [-0.39, 0.29) is 12.3 Å². The number of ether oxygens (including phenoxy) is 2. The van der Waals surface area contributed by atoms with Crippen molar-refractivity contribution in [1.29, 1.82) is 0 Å². The van der Waals surface area contributed by atoms with Gasteiger partial charge in [-0.15, -0.1) is 0 Å². The van der Waals surface area contributed by atoms with Crippen molar-refractivity contribution in [2.24, 2.45) is 0 Å². The third-order valence-electron chi connectivity index (χ3n) is 1.04. The van der Waals surface area contributed by atoms with Gasteiger partial charge in [-0.3, -0.25) is 0 Å². The van der Waals surface area contributed by atoms with Gasteiger partial charge in [0.05, 0.1) is 0 Å². The number of rotatable bonds is 0. The predicted octanol–water partition coefficient (Wildman–Crippen LogP) is 1.90. The van der Waals surface area contributed by atoms with Gasteiger partial charge < -0.3 is 9.47 Å². The maximum atomic E-state index is 12.2. The van der Waals surface area contributed by atoms with E-state index in [0.29, 0.717) is 0 Å². The van der Waals surface area contributed by atoms with Crippen LogP contribution in [0.2, 0.25) is 0 Å². The van der Waals surface area contributed by atoms with Gasteiger partial charge in [0.25, 0.3) is 0 Å². The Morgan fingerprint density at radius 1 is 1.25 bits per heavy atom. The van der Waals surface area contributed by atoms with Crippen molar-refractivity contribution < 1.29 is 31.8 Å². The lowest BCUT2D eigenvalue weighted by Crippen LogP contribution is -2.41. The lowest BCUT2D eigenvalue weighted by atomic mass is 10.3. The topological polar surface area (TPSA) is 35.5 Å². The zero-order chi connectivity index (χ0) is 9.41. The van der Waals surface area contributed by atoms with Crippen molar-refractivity contribution >= 4 is 6.16 Å². The van der Waals surface area contributed by atoms with Crippen LogP contribution in [-0.2, 0) is 9.47 Å². The van der Waals surface area contributed by atoms with Crippen molar-refractivity contribution in [2.75, 3.05) is 0 Å². The molecule has 0 fully saturated rings. The first kappa shape index (κ1) is 8.82. The molecule has 0 spiro atoms.